The predicted molar refractivity (Wildman–Crippen MR) is 140 cm³/mol. The van der Waals surface area contributed by atoms with Crippen molar-refractivity contribution in [2.24, 2.45) is 0 Å². The van der Waals surface area contributed by atoms with E-state index in [2.05, 4.69) is 91.8 Å². The lowest BCUT2D eigenvalue weighted by molar-refractivity contribution is 1.47. The van der Waals surface area contributed by atoms with E-state index in [4.69, 9.17) is 0 Å². The van der Waals surface area contributed by atoms with Gasteiger partial charge in [0.15, 0.2) is 18.2 Å². The zero-order valence-corrected chi connectivity index (χ0v) is 18.8. The van der Waals surface area contributed by atoms with Gasteiger partial charge in [-0.05, 0) is 74.5 Å². The molecule has 0 fully saturated rings. The van der Waals surface area contributed by atoms with Crippen LogP contribution >= 0.6 is 7.55 Å². The van der Waals surface area contributed by atoms with Crippen molar-refractivity contribution in [1.82, 2.24) is 0 Å². The van der Waals surface area contributed by atoms with Gasteiger partial charge in [-0.25, -0.2) is 0 Å². The van der Waals surface area contributed by atoms with Crippen LogP contribution in [0.1, 0.15) is 13.8 Å². The molecule has 2 aromatic carbocycles. The molecule has 0 aromatic heterocycles. The number of hydrogen-bond donors (Lipinski definition) is 2. The maximum Gasteiger partial charge on any atom is 0.162 e. The Labute approximate surface area is 182 Å². The van der Waals surface area contributed by atoms with Gasteiger partial charge in [-0.15, -0.1) is 0 Å². The maximum atomic E-state index is 4.40. The van der Waals surface area contributed by atoms with E-state index in [1.165, 1.54) is 10.6 Å². The van der Waals surface area contributed by atoms with Crippen molar-refractivity contribution in [2.75, 3.05) is 10.6 Å². The summed E-state index contributed by atoms with van der Waals surface area (Å²) in [4.78, 5) is 0. The topological polar surface area (TPSA) is 24.1 Å². The summed E-state index contributed by atoms with van der Waals surface area (Å²) in [5, 5.41) is 9.00. The highest BCUT2D eigenvalue weighted by Crippen LogP contribution is 2.22. The van der Waals surface area contributed by atoms with Crippen molar-refractivity contribution in [3.63, 3.8) is 0 Å². The number of nitrogens with one attached hydrogen (secondary N) is 2. The van der Waals surface area contributed by atoms with Crippen molar-refractivity contribution >= 4 is 35.8 Å². The molecule has 0 saturated heterocycles. The molecule has 0 unspecified atom stereocenters. The van der Waals surface area contributed by atoms with E-state index >= 15 is 0 Å². The third-order valence-electron chi connectivity index (χ3n) is 4.11. The molecule has 2 rings (SSSR count). The van der Waals surface area contributed by atoms with Crippen molar-refractivity contribution in [3.05, 3.63) is 122 Å². The summed E-state index contributed by atoms with van der Waals surface area (Å²) in [7, 11) is -0.668. The second kappa shape index (κ2) is 11.0. The number of benzene rings is 2. The van der Waals surface area contributed by atoms with Crippen LogP contribution in [0.25, 0.3) is 0 Å². The third-order valence-corrected chi connectivity index (χ3v) is 5.95. The quantitative estimate of drug-likeness (QED) is 0.336. The van der Waals surface area contributed by atoms with Gasteiger partial charge in [0.05, 0.1) is 6.30 Å². The van der Waals surface area contributed by atoms with E-state index in [0.29, 0.717) is 0 Å². The van der Waals surface area contributed by atoms with Crippen LogP contribution in [-0.4, -0.2) is 6.30 Å². The Hall–Kier alpha value is -3.35. The summed E-state index contributed by atoms with van der Waals surface area (Å²) >= 11 is 0. The fourth-order valence-electron chi connectivity index (χ4n) is 2.54. The van der Waals surface area contributed by atoms with Crippen molar-refractivity contribution in [3.8, 4) is 0 Å². The van der Waals surface area contributed by atoms with Gasteiger partial charge in [0.2, 0.25) is 0 Å². The lowest BCUT2D eigenvalue weighted by atomic mass is 10.2. The van der Waals surface area contributed by atoms with Crippen LogP contribution in [0, 0.1) is 0 Å². The minimum atomic E-state index is -0.668. The van der Waals surface area contributed by atoms with E-state index < -0.39 is 7.55 Å². The molecule has 2 nitrogen and oxygen atoms in total. The molecule has 0 heterocycles. The molecular weight excluding hydrogens is 383 g/mol. The van der Waals surface area contributed by atoms with Crippen LogP contribution in [0.2, 0.25) is 0 Å². The Morgan fingerprint density at radius 3 is 1.27 bits per heavy atom. The average Bonchev–Trinajstić information content (AvgIpc) is 2.71. The number of anilines is 2. The van der Waals surface area contributed by atoms with Crippen molar-refractivity contribution in [2.45, 2.75) is 13.8 Å². The molecule has 0 atom stereocenters. The van der Waals surface area contributed by atoms with Gasteiger partial charge in [-0.3, -0.25) is 0 Å². The van der Waals surface area contributed by atoms with Gasteiger partial charge in [-0.2, -0.15) is 0 Å². The summed E-state index contributed by atoms with van der Waals surface area (Å²) < 4.78 is 0. The van der Waals surface area contributed by atoms with Crippen LogP contribution in [0.3, 0.4) is 0 Å². The van der Waals surface area contributed by atoms with Crippen LogP contribution < -0.4 is 21.2 Å². The molecule has 0 bridgehead atoms. The number of rotatable bonds is 10. The van der Waals surface area contributed by atoms with E-state index in [1.54, 1.807) is 0 Å². The van der Waals surface area contributed by atoms with Crippen LogP contribution in [-0.2, 0) is 0 Å². The standard InChI is InChI=1S/C27H30N2P/c1-20(2)8-10-22(5)28-24-12-16-26(17-13-24)30(7)27-18-14-25(15-19-27)29-23(6)11-9-21(3)4/h8-19,28-29H,1,3,5-7H2,2,4H3/q+1/b10-8-,11-9-. The first-order valence-electron chi connectivity index (χ1n) is 9.64. The molecule has 152 valence electrons. The molecule has 0 spiro atoms. The first-order chi connectivity index (χ1) is 14.2. The van der Waals surface area contributed by atoms with Gasteiger partial charge in [0.25, 0.3) is 0 Å². The Bertz CT molecular complexity index is 936. The van der Waals surface area contributed by atoms with Crippen molar-refractivity contribution in [1.29, 1.82) is 0 Å². The molecule has 0 saturated carbocycles. The van der Waals surface area contributed by atoms with E-state index in [9.17, 15) is 0 Å². The molecule has 3 heteroatoms. The summed E-state index contributed by atoms with van der Waals surface area (Å²) in [5.74, 6) is 0. The molecule has 0 aliphatic heterocycles. The monoisotopic (exact) mass is 413 g/mol. The Balaban J connectivity index is 2.01. The first-order valence-corrected chi connectivity index (χ1v) is 11.2. The summed E-state index contributed by atoms with van der Waals surface area (Å²) in [6.45, 7) is 19.6. The fraction of sp³-hybridized carbons (Fsp3) is 0.0741. The van der Waals surface area contributed by atoms with E-state index in [0.717, 1.165) is 33.9 Å². The second-order valence-corrected chi connectivity index (χ2v) is 9.07. The molecule has 0 amide bonds. The smallest absolute Gasteiger partial charge is 0.162 e. The summed E-state index contributed by atoms with van der Waals surface area (Å²) in [6, 6.07) is 16.7. The normalized spacial score (nSPS) is 10.7. The summed E-state index contributed by atoms with van der Waals surface area (Å²) in [5.41, 5.74) is 5.63. The predicted octanol–water partition coefficient (Wildman–Crippen LogP) is 6.67. The fourth-order valence-corrected chi connectivity index (χ4v) is 3.85. The minimum absolute atomic E-state index is 0.668. The molecule has 0 radical (unpaired) electrons. The Morgan fingerprint density at radius 1 is 0.633 bits per heavy atom. The van der Waals surface area contributed by atoms with E-state index in [1.807, 2.05) is 38.2 Å². The van der Waals surface area contributed by atoms with Crippen LogP contribution in [0.15, 0.2) is 122 Å². The largest absolute Gasteiger partial charge is 0.356 e. The maximum absolute atomic E-state index is 4.40. The van der Waals surface area contributed by atoms with Gasteiger partial charge >= 0.3 is 0 Å². The highest BCUT2D eigenvalue weighted by atomic mass is 31.1. The van der Waals surface area contributed by atoms with Gasteiger partial charge in [-0.1, -0.05) is 49.6 Å². The molecule has 0 aliphatic rings. The van der Waals surface area contributed by atoms with Gasteiger partial charge in [0.1, 0.15) is 0 Å². The van der Waals surface area contributed by atoms with E-state index in [-0.39, 0.29) is 0 Å². The molecule has 0 aliphatic carbocycles. The number of hydrogen-bond acceptors (Lipinski definition) is 2. The Kier molecular flexibility index (Phi) is 8.41. The summed E-state index contributed by atoms with van der Waals surface area (Å²) in [6.07, 6.45) is 12.1. The molecular formula is C27H30N2P+. The van der Waals surface area contributed by atoms with Gasteiger partial charge < -0.3 is 10.6 Å². The highest BCUT2D eigenvalue weighted by Gasteiger charge is 2.14. The SMILES string of the molecule is C=C(C)/C=C\C(=C)Nc1ccc([P+](=C)c2ccc(NC(=C)/C=C\C(=C)C)cc2)cc1. The zero-order chi connectivity index (χ0) is 22.1. The molecule has 2 aromatic rings. The highest BCUT2D eigenvalue weighted by molar-refractivity contribution is 7.70. The minimum Gasteiger partial charge on any atom is -0.356 e. The molecule has 30 heavy (non-hydrogen) atoms. The zero-order valence-electron chi connectivity index (χ0n) is 17.9. The first kappa shape index (κ1) is 22.9. The lowest BCUT2D eigenvalue weighted by Gasteiger charge is -2.07. The lowest BCUT2D eigenvalue weighted by Crippen LogP contribution is -2.07. The van der Waals surface area contributed by atoms with Crippen LogP contribution in [0.4, 0.5) is 11.4 Å². The Morgan fingerprint density at radius 2 is 0.967 bits per heavy atom. The van der Waals surface area contributed by atoms with Gasteiger partial charge in [0, 0.05) is 22.8 Å². The van der Waals surface area contributed by atoms with Crippen LogP contribution in [0.5, 0.6) is 0 Å². The van der Waals surface area contributed by atoms with Crippen molar-refractivity contribution < 1.29 is 0 Å². The average molecular weight is 414 g/mol. The molecule has 2 N–H and O–H groups in total. The second-order valence-electron chi connectivity index (χ2n) is 7.18. The number of allylic oxidation sites excluding steroid dienone is 6. The third kappa shape index (κ3) is 7.58.